The molecule has 0 aromatic heterocycles. The van der Waals surface area contributed by atoms with E-state index in [1.165, 1.54) is 13.6 Å². The second-order valence-electron chi connectivity index (χ2n) is 0.287. The maximum atomic E-state index is 8.83. The zero-order chi connectivity index (χ0) is 3.41. The molecule has 0 N–H and O–H groups in total. The fourth-order valence-electron chi connectivity index (χ4n) is 0. The summed E-state index contributed by atoms with van der Waals surface area (Å²) in [4.78, 5) is 8.83. The van der Waals surface area contributed by atoms with Crippen LogP contribution >= 0.6 is 0 Å². The average Bonchev–Trinajstić information content (AvgIpc) is 1.37. The van der Waals surface area contributed by atoms with E-state index in [9.17, 15) is 0 Å². The zero-order valence-electron chi connectivity index (χ0n) is 2.65. The Labute approximate surface area is 40.7 Å². The van der Waals surface area contributed by atoms with E-state index in [0.717, 1.165) is 0 Å². The molecule has 0 aliphatic rings. The van der Waals surface area contributed by atoms with Crippen LogP contribution in [-0.4, -0.2) is 13.6 Å². The van der Waals surface area contributed by atoms with Crippen LogP contribution in [0.5, 0.6) is 0 Å². The molecular weight excluding hydrogens is 115 g/mol. The van der Waals surface area contributed by atoms with Gasteiger partial charge in [-0.3, -0.25) is 0 Å². The van der Waals surface area contributed by atoms with Gasteiger partial charge in [0, 0.05) is 23.9 Å². The molecule has 1 radical (unpaired) electrons. The van der Waals surface area contributed by atoms with Crippen molar-refractivity contribution in [1.82, 2.24) is 0 Å². The molecule has 0 aromatic carbocycles. The van der Waals surface area contributed by atoms with E-state index in [4.69, 9.17) is 4.79 Å². The number of ether oxygens (including phenoxy) is 1. The molecule has 0 rings (SSSR count). The number of carbonyl (C=O) groups excluding carboxylic acids is 1. The van der Waals surface area contributed by atoms with Crippen molar-refractivity contribution in [2.75, 3.05) is 7.11 Å². The molecule has 2 nitrogen and oxygen atoms in total. The molecule has 0 saturated heterocycles. The van der Waals surface area contributed by atoms with Gasteiger partial charge in [0.05, 0.1) is 0 Å². The van der Waals surface area contributed by atoms with Crippen molar-refractivity contribution >= 4 is 6.47 Å². The molecule has 3 heteroatoms. The Hall–Kier alpha value is -0.0235. The predicted molar refractivity (Wildman–Crippen MR) is 12.7 cm³/mol. The first-order valence-corrected chi connectivity index (χ1v) is 0.816. The molecular formula is C2H3CoO2-. The minimum Gasteiger partial charge on any atom is -0.655 e. The van der Waals surface area contributed by atoms with Gasteiger partial charge in [-0.2, -0.15) is 0 Å². The molecule has 0 spiro atoms. The van der Waals surface area contributed by atoms with Crippen LogP contribution in [0.1, 0.15) is 0 Å². The smallest absolute Gasteiger partial charge is 0.0362 e. The van der Waals surface area contributed by atoms with Crippen molar-refractivity contribution in [3.05, 3.63) is 0 Å². The van der Waals surface area contributed by atoms with Crippen LogP contribution < -0.4 is 0 Å². The SMILES string of the molecule is CO[C-]=O.[Co]. The fourth-order valence-corrected chi connectivity index (χ4v) is 0. The summed E-state index contributed by atoms with van der Waals surface area (Å²) in [6.07, 6.45) is 0. The van der Waals surface area contributed by atoms with Crippen LogP contribution in [0, 0.1) is 0 Å². The van der Waals surface area contributed by atoms with Crippen LogP contribution in [0.25, 0.3) is 0 Å². The molecule has 33 valence electrons. The van der Waals surface area contributed by atoms with E-state index in [0.29, 0.717) is 0 Å². The van der Waals surface area contributed by atoms with Crippen LogP contribution in [-0.2, 0) is 26.3 Å². The van der Waals surface area contributed by atoms with E-state index < -0.39 is 0 Å². The summed E-state index contributed by atoms with van der Waals surface area (Å²) in [6.45, 7) is 1.18. The van der Waals surface area contributed by atoms with E-state index in [1.807, 2.05) is 0 Å². The summed E-state index contributed by atoms with van der Waals surface area (Å²) >= 11 is 0. The molecule has 0 atom stereocenters. The van der Waals surface area contributed by atoms with Crippen LogP contribution in [0.2, 0.25) is 0 Å². The largest absolute Gasteiger partial charge is 0.655 e. The summed E-state index contributed by atoms with van der Waals surface area (Å²) in [6, 6.07) is 0. The third kappa shape index (κ3) is 16.3. The summed E-state index contributed by atoms with van der Waals surface area (Å²) in [5, 5.41) is 0. The van der Waals surface area contributed by atoms with E-state index in [2.05, 4.69) is 4.74 Å². The molecule has 0 amide bonds. The standard InChI is InChI=1S/C2H3O2.Co/c1-4-2-3;/h1H3;/q-1;. The second kappa shape index (κ2) is 9.02. The van der Waals surface area contributed by atoms with Gasteiger partial charge in [0.1, 0.15) is 0 Å². The van der Waals surface area contributed by atoms with Crippen molar-refractivity contribution in [3.63, 3.8) is 0 Å². The van der Waals surface area contributed by atoms with Crippen LogP contribution in [0.4, 0.5) is 0 Å². The first-order chi connectivity index (χ1) is 1.91. The molecule has 0 bridgehead atoms. The monoisotopic (exact) mass is 118 g/mol. The maximum absolute atomic E-state index is 8.83. The number of rotatable bonds is 1. The van der Waals surface area contributed by atoms with Gasteiger partial charge in [-0.1, -0.05) is 6.47 Å². The number of hydrogen-bond acceptors (Lipinski definition) is 2. The Balaban J connectivity index is 0. The Kier molecular flexibility index (Phi) is 16.0. The van der Waals surface area contributed by atoms with Crippen molar-refractivity contribution in [2.45, 2.75) is 0 Å². The molecule has 0 fully saturated rings. The average molecular weight is 118 g/mol. The predicted octanol–water partition coefficient (Wildman–Crippen LogP) is -0.302. The van der Waals surface area contributed by atoms with E-state index >= 15 is 0 Å². The second-order valence-corrected chi connectivity index (χ2v) is 0.287. The summed E-state index contributed by atoms with van der Waals surface area (Å²) in [5.74, 6) is 0. The van der Waals surface area contributed by atoms with Crippen molar-refractivity contribution in [1.29, 1.82) is 0 Å². The molecule has 0 aromatic rings. The maximum Gasteiger partial charge on any atom is 0.0362 e. The third-order valence-corrected chi connectivity index (χ3v) is 0.0833. The van der Waals surface area contributed by atoms with E-state index in [-0.39, 0.29) is 16.8 Å². The molecule has 0 aliphatic carbocycles. The Morgan fingerprint density at radius 1 is 1.80 bits per heavy atom. The van der Waals surface area contributed by atoms with Gasteiger partial charge in [0.15, 0.2) is 0 Å². The van der Waals surface area contributed by atoms with Crippen LogP contribution in [0.15, 0.2) is 0 Å². The Morgan fingerprint density at radius 2 is 2.00 bits per heavy atom. The molecule has 5 heavy (non-hydrogen) atoms. The first-order valence-electron chi connectivity index (χ1n) is 0.816. The topological polar surface area (TPSA) is 26.3 Å². The van der Waals surface area contributed by atoms with Crippen molar-refractivity contribution in [3.8, 4) is 0 Å². The minimum absolute atomic E-state index is 0. The van der Waals surface area contributed by atoms with Crippen LogP contribution in [0.3, 0.4) is 0 Å². The summed E-state index contributed by atoms with van der Waals surface area (Å²) in [5.41, 5.74) is 0. The first kappa shape index (κ1) is 8.88. The van der Waals surface area contributed by atoms with E-state index in [1.54, 1.807) is 0 Å². The molecule has 0 saturated carbocycles. The van der Waals surface area contributed by atoms with Gasteiger partial charge in [-0.05, 0) is 0 Å². The third-order valence-electron chi connectivity index (χ3n) is 0.0833. The van der Waals surface area contributed by atoms with Gasteiger partial charge >= 0.3 is 0 Å². The summed E-state index contributed by atoms with van der Waals surface area (Å²) in [7, 11) is 1.26. The minimum atomic E-state index is 0. The normalized spacial score (nSPS) is 4.20. The quantitative estimate of drug-likeness (QED) is 0.441. The fraction of sp³-hybridized carbons (Fsp3) is 0.500. The van der Waals surface area contributed by atoms with Gasteiger partial charge in [0.25, 0.3) is 0 Å². The van der Waals surface area contributed by atoms with Crippen molar-refractivity contribution < 1.29 is 26.3 Å². The number of hydrogen-bond donors (Lipinski definition) is 0. The molecule has 0 heterocycles. The molecule has 0 aliphatic heterocycles. The van der Waals surface area contributed by atoms with Gasteiger partial charge < -0.3 is 9.53 Å². The summed E-state index contributed by atoms with van der Waals surface area (Å²) < 4.78 is 3.74. The van der Waals surface area contributed by atoms with Gasteiger partial charge in [0.2, 0.25) is 0 Å². The Bertz CT molecular complexity index is 21.6. The van der Waals surface area contributed by atoms with Gasteiger partial charge in [-0.25, -0.2) is 0 Å². The van der Waals surface area contributed by atoms with Gasteiger partial charge in [-0.15, -0.1) is 0 Å². The molecule has 0 unspecified atom stereocenters. The zero-order valence-corrected chi connectivity index (χ0v) is 3.69. The number of methoxy groups -OCH3 is 1. The Morgan fingerprint density at radius 3 is 2.00 bits per heavy atom. The van der Waals surface area contributed by atoms with Crippen molar-refractivity contribution in [2.24, 2.45) is 0 Å².